The molecule has 0 amide bonds. The van der Waals surface area contributed by atoms with Crippen molar-refractivity contribution in [2.45, 2.75) is 18.9 Å². The van der Waals surface area contributed by atoms with Crippen LogP contribution in [0.3, 0.4) is 0 Å². The van der Waals surface area contributed by atoms with Crippen LogP contribution in [0.25, 0.3) is 11.1 Å². The minimum atomic E-state index is -0.510. The van der Waals surface area contributed by atoms with Gasteiger partial charge in [0.2, 0.25) is 5.95 Å². The molecule has 1 atom stereocenters. The highest BCUT2D eigenvalue weighted by atomic mass is 35.5. The van der Waals surface area contributed by atoms with E-state index in [2.05, 4.69) is 32.3 Å². The normalized spacial score (nSPS) is 15.9. The van der Waals surface area contributed by atoms with Crippen LogP contribution in [0.1, 0.15) is 24.5 Å². The predicted molar refractivity (Wildman–Crippen MR) is 118 cm³/mol. The molecule has 5 nitrogen and oxygen atoms in total. The van der Waals surface area contributed by atoms with Gasteiger partial charge in [-0.25, -0.2) is 9.97 Å². The number of hydrogen-bond acceptors (Lipinski definition) is 5. The Morgan fingerprint density at radius 1 is 1.03 bits per heavy atom. The maximum Gasteiger partial charge on any atom is 0.225 e. The molecule has 0 aliphatic carbocycles. The van der Waals surface area contributed by atoms with E-state index >= 15 is 0 Å². The van der Waals surface area contributed by atoms with Gasteiger partial charge in [-0.1, -0.05) is 35.9 Å². The number of aromatic nitrogens is 2. The molecule has 0 radical (unpaired) electrons. The quantitative estimate of drug-likeness (QED) is 0.635. The lowest BCUT2D eigenvalue weighted by atomic mass is 9.86. The van der Waals surface area contributed by atoms with Crippen LogP contribution in [0.2, 0.25) is 5.02 Å². The summed E-state index contributed by atoms with van der Waals surface area (Å²) in [5.41, 5.74) is 4.02. The maximum absolute atomic E-state index is 11.1. The van der Waals surface area contributed by atoms with E-state index in [0.29, 0.717) is 5.02 Å². The third-order valence-corrected chi connectivity index (χ3v) is 5.86. The van der Waals surface area contributed by atoms with Crippen LogP contribution in [0.5, 0.6) is 0 Å². The van der Waals surface area contributed by atoms with Crippen molar-refractivity contribution in [1.29, 1.82) is 0 Å². The van der Waals surface area contributed by atoms with Crippen LogP contribution in [0.4, 0.5) is 11.6 Å². The molecule has 3 aromatic rings. The van der Waals surface area contributed by atoms with Crippen molar-refractivity contribution in [2.24, 2.45) is 5.92 Å². The van der Waals surface area contributed by atoms with Gasteiger partial charge in [-0.3, -0.25) is 0 Å². The van der Waals surface area contributed by atoms with Crippen LogP contribution in [0.15, 0.2) is 60.9 Å². The minimum Gasteiger partial charge on any atom is -0.388 e. The van der Waals surface area contributed by atoms with Crippen molar-refractivity contribution in [3.8, 4) is 11.1 Å². The van der Waals surface area contributed by atoms with Gasteiger partial charge in [0, 0.05) is 48.8 Å². The lowest BCUT2D eigenvalue weighted by molar-refractivity contribution is 0.0934. The van der Waals surface area contributed by atoms with E-state index < -0.39 is 6.10 Å². The molecule has 150 valence electrons. The molecule has 2 aromatic carbocycles. The van der Waals surface area contributed by atoms with E-state index in [1.165, 1.54) is 0 Å². The molecule has 6 heteroatoms. The van der Waals surface area contributed by atoms with Gasteiger partial charge in [0.05, 0.1) is 6.10 Å². The van der Waals surface area contributed by atoms with Crippen molar-refractivity contribution >= 4 is 23.2 Å². The largest absolute Gasteiger partial charge is 0.388 e. The molecule has 4 rings (SSSR count). The fourth-order valence-corrected chi connectivity index (χ4v) is 4.19. The standard InChI is InChI=1S/C23H25ClN4O/c1-25-21-15-18(17-4-2-5-19(24)14-17)6-7-20(21)22(29)16-8-12-28(13-9-16)23-26-10-3-11-27-23/h2-7,10-11,14-16,22,25,29H,8-9,12-13H2,1H3/t22-/m1/s1. The van der Waals surface area contributed by atoms with Gasteiger partial charge in [-0.05, 0) is 54.2 Å². The summed E-state index contributed by atoms with van der Waals surface area (Å²) >= 11 is 6.14. The lowest BCUT2D eigenvalue weighted by Crippen LogP contribution is -2.36. The van der Waals surface area contributed by atoms with E-state index in [0.717, 1.165) is 54.3 Å². The van der Waals surface area contributed by atoms with Crippen LogP contribution in [-0.4, -0.2) is 35.2 Å². The summed E-state index contributed by atoms with van der Waals surface area (Å²) in [5.74, 6) is 0.973. The van der Waals surface area contributed by atoms with Gasteiger partial charge >= 0.3 is 0 Å². The molecule has 1 aliphatic heterocycles. The number of rotatable bonds is 5. The van der Waals surface area contributed by atoms with Crippen LogP contribution >= 0.6 is 11.6 Å². The Hall–Kier alpha value is -2.63. The number of aliphatic hydroxyl groups excluding tert-OH is 1. The number of halogens is 1. The van der Waals surface area contributed by atoms with Gasteiger partial charge < -0.3 is 15.3 Å². The molecule has 0 unspecified atom stereocenters. The lowest BCUT2D eigenvalue weighted by Gasteiger charge is -2.34. The molecular formula is C23H25ClN4O. The Morgan fingerprint density at radius 3 is 2.45 bits per heavy atom. The first-order valence-electron chi connectivity index (χ1n) is 9.93. The molecule has 0 saturated carbocycles. The number of hydrogen-bond donors (Lipinski definition) is 2. The number of benzene rings is 2. The fraction of sp³-hybridized carbons (Fsp3) is 0.304. The summed E-state index contributed by atoms with van der Waals surface area (Å²) < 4.78 is 0. The third kappa shape index (κ3) is 4.36. The van der Waals surface area contributed by atoms with Crippen molar-refractivity contribution in [3.63, 3.8) is 0 Å². The fourth-order valence-electron chi connectivity index (χ4n) is 4.00. The average Bonchev–Trinajstić information content (AvgIpc) is 2.79. The first-order chi connectivity index (χ1) is 14.2. The summed E-state index contributed by atoms with van der Waals surface area (Å²) in [6.07, 6.45) is 4.83. The maximum atomic E-state index is 11.1. The molecule has 1 fully saturated rings. The van der Waals surface area contributed by atoms with E-state index in [9.17, 15) is 5.11 Å². The molecule has 1 aliphatic rings. The molecular weight excluding hydrogens is 384 g/mol. The van der Waals surface area contributed by atoms with Crippen molar-refractivity contribution in [1.82, 2.24) is 9.97 Å². The number of aliphatic hydroxyl groups is 1. The van der Waals surface area contributed by atoms with Gasteiger partial charge in [0.25, 0.3) is 0 Å². The Bertz CT molecular complexity index is 958. The second-order valence-electron chi connectivity index (χ2n) is 7.38. The number of piperidine rings is 1. The molecule has 2 heterocycles. The first kappa shape index (κ1) is 19.7. The average molecular weight is 409 g/mol. The van der Waals surface area contributed by atoms with Gasteiger partial charge in [0.15, 0.2) is 0 Å². The molecule has 0 spiro atoms. The smallest absolute Gasteiger partial charge is 0.225 e. The summed E-state index contributed by atoms with van der Waals surface area (Å²) in [7, 11) is 1.89. The zero-order chi connectivity index (χ0) is 20.2. The summed E-state index contributed by atoms with van der Waals surface area (Å²) in [5, 5.41) is 15.1. The Balaban J connectivity index is 1.49. The van der Waals surface area contributed by atoms with Crippen molar-refractivity contribution < 1.29 is 5.11 Å². The predicted octanol–water partition coefficient (Wildman–Crippen LogP) is 4.79. The molecule has 1 aromatic heterocycles. The second-order valence-corrected chi connectivity index (χ2v) is 7.82. The monoisotopic (exact) mass is 408 g/mol. The number of nitrogens with one attached hydrogen (secondary N) is 1. The van der Waals surface area contributed by atoms with Crippen molar-refractivity contribution in [2.75, 3.05) is 30.4 Å². The van der Waals surface area contributed by atoms with E-state index in [4.69, 9.17) is 11.6 Å². The number of anilines is 2. The SMILES string of the molecule is CNc1cc(-c2cccc(Cl)c2)ccc1[C@H](O)C1CCN(c2ncccn2)CC1. The van der Waals surface area contributed by atoms with E-state index in [1.54, 1.807) is 12.4 Å². The second kappa shape index (κ2) is 8.80. The highest BCUT2D eigenvalue weighted by molar-refractivity contribution is 6.30. The molecule has 29 heavy (non-hydrogen) atoms. The summed E-state index contributed by atoms with van der Waals surface area (Å²) in [6.45, 7) is 1.70. The highest BCUT2D eigenvalue weighted by Crippen LogP contribution is 2.37. The van der Waals surface area contributed by atoms with Crippen molar-refractivity contribution in [3.05, 3.63) is 71.5 Å². The molecule has 1 saturated heterocycles. The van der Waals surface area contributed by atoms with E-state index in [1.807, 2.05) is 43.4 Å². The Morgan fingerprint density at radius 2 is 1.76 bits per heavy atom. The van der Waals surface area contributed by atoms with Crippen LogP contribution < -0.4 is 10.2 Å². The zero-order valence-corrected chi connectivity index (χ0v) is 17.2. The summed E-state index contributed by atoms with van der Waals surface area (Å²) in [6, 6.07) is 15.8. The van der Waals surface area contributed by atoms with Crippen LogP contribution in [0, 0.1) is 5.92 Å². The Kier molecular flexibility index (Phi) is 5.97. The first-order valence-corrected chi connectivity index (χ1v) is 10.3. The van der Waals surface area contributed by atoms with Gasteiger partial charge in [-0.15, -0.1) is 0 Å². The minimum absolute atomic E-state index is 0.207. The van der Waals surface area contributed by atoms with Gasteiger partial charge in [-0.2, -0.15) is 0 Å². The zero-order valence-electron chi connectivity index (χ0n) is 16.4. The highest BCUT2D eigenvalue weighted by Gasteiger charge is 2.28. The topological polar surface area (TPSA) is 61.3 Å². The summed E-state index contributed by atoms with van der Waals surface area (Å²) in [4.78, 5) is 10.9. The Labute approximate surface area is 176 Å². The van der Waals surface area contributed by atoms with Crippen LogP contribution in [-0.2, 0) is 0 Å². The third-order valence-electron chi connectivity index (χ3n) is 5.62. The number of nitrogens with zero attached hydrogens (tertiary/aromatic N) is 3. The van der Waals surface area contributed by atoms with Gasteiger partial charge in [0.1, 0.15) is 0 Å². The van der Waals surface area contributed by atoms with E-state index in [-0.39, 0.29) is 5.92 Å². The molecule has 0 bridgehead atoms. The molecule has 2 N–H and O–H groups in total.